The van der Waals surface area contributed by atoms with E-state index in [1.165, 1.54) is 0 Å². The van der Waals surface area contributed by atoms with Gasteiger partial charge in [-0.3, -0.25) is 14.3 Å². The molecule has 1 aromatic heterocycles. The number of likely N-dealkylation sites (tertiary alicyclic amines) is 1. The standard InChI is InChI=1S/C21H31N5O2/c1-16-20(21(28)26(25(16)4)18-8-6-5-7-9-18)22-19(27)12-15-24(3)17-10-13-23(2)14-11-17/h5-9,17H,10-15H2,1-4H3,(H,22,27). The summed E-state index contributed by atoms with van der Waals surface area (Å²) in [5.74, 6) is -0.120. The Hall–Kier alpha value is -2.38. The summed E-state index contributed by atoms with van der Waals surface area (Å²) in [6.45, 7) is 4.74. The maximum absolute atomic E-state index is 12.9. The van der Waals surface area contributed by atoms with E-state index in [0.717, 1.165) is 37.3 Å². The molecule has 0 saturated carbocycles. The molecule has 7 nitrogen and oxygen atoms in total. The molecular formula is C21H31N5O2. The third kappa shape index (κ3) is 4.36. The quantitative estimate of drug-likeness (QED) is 0.824. The lowest BCUT2D eigenvalue weighted by Gasteiger charge is -2.35. The highest BCUT2D eigenvalue weighted by Crippen LogP contribution is 2.16. The molecule has 2 heterocycles. The summed E-state index contributed by atoms with van der Waals surface area (Å²) in [4.78, 5) is 30.0. The van der Waals surface area contributed by atoms with Crippen LogP contribution < -0.4 is 10.9 Å². The Morgan fingerprint density at radius 2 is 1.82 bits per heavy atom. The Labute approximate surface area is 166 Å². The Kier molecular flexibility index (Phi) is 6.36. The minimum atomic E-state index is -0.205. The van der Waals surface area contributed by atoms with Gasteiger partial charge in [0.2, 0.25) is 5.91 Å². The van der Waals surface area contributed by atoms with Crippen molar-refractivity contribution in [2.75, 3.05) is 39.0 Å². The first kappa shape index (κ1) is 20.4. The van der Waals surface area contributed by atoms with Gasteiger partial charge < -0.3 is 15.1 Å². The summed E-state index contributed by atoms with van der Waals surface area (Å²) in [5, 5.41) is 2.85. The van der Waals surface area contributed by atoms with Gasteiger partial charge in [0.15, 0.2) is 0 Å². The second-order valence-electron chi connectivity index (χ2n) is 7.75. The Morgan fingerprint density at radius 1 is 1.18 bits per heavy atom. The summed E-state index contributed by atoms with van der Waals surface area (Å²) < 4.78 is 3.35. The first-order chi connectivity index (χ1) is 13.4. The van der Waals surface area contributed by atoms with E-state index in [2.05, 4.69) is 29.2 Å². The van der Waals surface area contributed by atoms with Crippen LogP contribution in [0.25, 0.3) is 5.69 Å². The molecule has 1 aromatic carbocycles. The summed E-state index contributed by atoms with van der Waals surface area (Å²) >= 11 is 0. The average molecular weight is 386 g/mol. The normalized spacial score (nSPS) is 15.9. The van der Waals surface area contributed by atoms with E-state index in [4.69, 9.17) is 0 Å². The number of rotatable bonds is 6. The summed E-state index contributed by atoms with van der Waals surface area (Å²) in [5.41, 5.74) is 1.67. The molecule has 1 N–H and O–H groups in total. The van der Waals surface area contributed by atoms with E-state index in [0.29, 0.717) is 24.7 Å². The third-order valence-corrected chi connectivity index (χ3v) is 5.82. The maximum Gasteiger partial charge on any atom is 0.295 e. The minimum Gasteiger partial charge on any atom is -0.320 e. The molecule has 1 aliphatic heterocycles. The van der Waals surface area contributed by atoms with E-state index in [9.17, 15) is 9.59 Å². The van der Waals surface area contributed by atoms with Crippen molar-refractivity contribution in [2.24, 2.45) is 7.05 Å². The monoisotopic (exact) mass is 385 g/mol. The topological polar surface area (TPSA) is 62.5 Å². The van der Waals surface area contributed by atoms with Crippen molar-refractivity contribution in [3.8, 4) is 5.69 Å². The number of nitrogens with zero attached hydrogens (tertiary/aromatic N) is 4. The zero-order valence-corrected chi connectivity index (χ0v) is 17.3. The van der Waals surface area contributed by atoms with Crippen molar-refractivity contribution < 1.29 is 4.79 Å². The molecule has 1 amide bonds. The molecule has 2 aromatic rings. The van der Waals surface area contributed by atoms with Crippen LogP contribution in [0.4, 0.5) is 5.69 Å². The molecule has 7 heteroatoms. The van der Waals surface area contributed by atoms with Gasteiger partial charge in [0.1, 0.15) is 5.69 Å². The van der Waals surface area contributed by atoms with Crippen LogP contribution in [0.2, 0.25) is 0 Å². The largest absolute Gasteiger partial charge is 0.320 e. The minimum absolute atomic E-state index is 0.120. The zero-order valence-electron chi connectivity index (χ0n) is 17.3. The van der Waals surface area contributed by atoms with Crippen molar-refractivity contribution in [3.63, 3.8) is 0 Å². The average Bonchev–Trinajstić information content (AvgIpc) is 2.90. The first-order valence-electron chi connectivity index (χ1n) is 9.91. The first-order valence-corrected chi connectivity index (χ1v) is 9.91. The van der Waals surface area contributed by atoms with Crippen LogP contribution in [0.15, 0.2) is 35.1 Å². The second-order valence-corrected chi connectivity index (χ2v) is 7.75. The number of benzene rings is 1. The molecule has 0 radical (unpaired) electrons. The van der Waals surface area contributed by atoms with Crippen molar-refractivity contribution in [3.05, 3.63) is 46.4 Å². The predicted molar refractivity (Wildman–Crippen MR) is 112 cm³/mol. The Balaban J connectivity index is 1.64. The smallest absolute Gasteiger partial charge is 0.295 e. The highest BCUT2D eigenvalue weighted by atomic mass is 16.2. The van der Waals surface area contributed by atoms with Gasteiger partial charge in [-0.05, 0) is 59.1 Å². The molecule has 0 aliphatic carbocycles. The van der Waals surface area contributed by atoms with Crippen molar-refractivity contribution in [2.45, 2.75) is 32.2 Å². The van der Waals surface area contributed by atoms with Crippen molar-refractivity contribution in [1.29, 1.82) is 0 Å². The number of anilines is 1. The second kappa shape index (κ2) is 8.75. The van der Waals surface area contributed by atoms with Crippen LogP contribution >= 0.6 is 0 Å². The number of aromatic nitrogens is 2. The van der Waals surface area contributed by atoms with Crippen LogP contribution in [0, 0.1) is 6.92 Å². The fourth-order valence-corrected chi connectivity index (χ4v) is 3.81. The Morgan fingerprint density at radius 3 is 2.46 bits per heavy atom. The molecular weight excluding hydrogens is 354 g/mol. The number of hydrogen-bond donors (Lipinski definition) is 1. The number of para-hydroxylation sites is 1. The van der Waals surface area contributed by atoms with Gasteiger partial charge in [-0.2, -0.15) is 0 Å². The van der Waals surface area contributed by atoms with Gasteiger partial charge in [-0.15, -0.1) is 0 Å². The van der Waals surface area contributed by atoms with Crippen LogP contribution in [0.1, 0.15) is 25.0 Å². The van der Waals surface area contributed by atoms with Gasteiger partial charge in [0.25, 0.3) is 5.56 Å². The highest BCUT2D eigenvalue weighted by molar-refractivity contribution is 5.91. The fraction of sp³-hybridized carbons (Fsp3) is 0.524. The zero-order chi connectivity index (χ0) is 20.3. The molecule has 1 aliphatic rings. The lowest BCUT2D eigenvalue weighted by Crippen LogP contribution is -2.42. The SMILES string of the molecule is Cc1c(NC(=O)CCN(C)C2CCN(C)CC2)c(=O)n(-c2ccccc2)n1C. The fourth-order valence-electron chi connectivity index (χ4n) is 3.81. The molecule has 28 heavy (non-hydrogen) atoms. The lowest BCUT2D eigenvalue weighted by atomic mass is 10.0. The van der Waals surface area contributed by atoms with Crippen LogP contribution in [0.3, 0.4) is 0 Å². The molecule has 3 rings (SSSR count). The molecule has 0 spiro atoms. The number of hydrogen-bond acceptors (Lipinski definition) is 4. The van der Waals surface area contributed by atoms with E-state index in [1.54, 1.807) is 9.36 Å². The van der Waals surface area contributed by atoms with Crippen LogP contribution in [0.5, 0.6) is 0 Å². The molecule has 0 atom stereocenters. The summed E-state index contributed by atoms with van der Waals surface area (Å²) in [7, 11) is 6.06. The number of carbonyl (C=O) groups excluding carboxylic acids is 1. The third-order valence-electron chi connectivity index (χ3n) is 5.82. The molecule has 1 fully saturated rings. The van der Waals surface area contributed by atoms with Crippen molar-refractivity contribution in [1.82, 2.24) is 19.2 Å². The van der Waals surface area contributed by atoms with E-state index >= 15 is 0 Å². The van der Waals surface area contributed by atoms with Crippen LogP contribution in [-0.4, -0.2) is 64.8 Å². The number of carbonyl (C=O) groups is 1. The van der Waals surface area contributed by atoms with E-state index in [1.807, 2.05) is 44.3 Å². The molecule has 1 saturated heterocycles. The number of amides is 1. The van der Waals surface area contributed by atoms with Gasteiger partial charge in [-0.1, -0.05) is 18.2 Å². The van der Waals surface area contributed by atoms with Gasteiger partial charge in [-0.25, -0.2) is 4.68 Å². The maximum atomic E-state index is 12.9. The predicted octanol–water partition coefficient (Wildman–Crippen LogP) is 1.84. The Bertz CT molecular complexity index is 863. The van der Waals surface area contributed by atoms with Gasteiger partial charge in [0, 0.05) is 26.1 Å². The summed E-state index contributed by atoms with van der Waals surface area (Å²) in [6.07, 6.45) is 2.64. The molecule has 152 valence electrons. The van der Waals surface area contributed by atoms with Gasteiger partial charge in [0.05, 0.1) is 11.4 Å². The number of piperidine rings is 1. The van der Waals surface area contributed by atoms with Gasteiger partial charge >= 0.3 is 0 Å². The lowest BCUT2D eigenvalue weighted by molar-refractivity contribution is -0.116. The number of nitrogens with one attached hydrogen (secondary N) is 1. The van der Waals surface area contributed by atoms with E-state index in [-0.39, 0.29) is 11.5 Å². The summed E-state index contributed by atoms with van der Waals surface area (Å²) in [6, 6.07) is 9.97. The van der Waals surface area contributed by atoms with Crippen molar-refractivity contribution >= 4 is 11.6 Å². The highest BCUT2D eigenvalue weighted by Gasteiger charge is 2.22. The van der Waals surface area contributed by atoms with Crippen LogP contribution in [-0.2, 0) is 11.8 Å². The molecule has 0 bridgehead atoms. The molecule has 0 unspecified atom stereocenters. The van der Waals surface area contributed by atoms with E-state index < -0.39 is 0 Å².